The summed E-state index contributed by atoms with van der Waals surface area (Å²) in [6, 6.07) is 0. The molecular formula is C8H11NO2Sr. The molecule has 1 fully saturated rings. The monoisotopic (exact) mass is 241 g/mol. The number of amides is 2. The van der Waals surface area contributed by atoms with Gasteiger partial charge in [-0.2, -0.15) is 0 Å². The molecule has 1 N–H and O–H groups in total. The van der Waals surface area contributed by atoms with Gasteiger partial charge < -0.3 is 0 Å². The van der Waals surface area contributed by atoms with Crippen LogP contribution in [0.5, 0.6) is 0 Å². The fraction of sp³-hybridized carbons (Fsp3) is 0.500. The van der Waals surface area contributed by atoms with Crippen LogP contribution in [0.15, 0.2) is 12.2 Å². The third-order valence-electron chi connectivity index (χ3n) is 2.31. The van der Waals surface area contributed by atoms with E-state index in [1.165, 1.54) is 0 Å². The normalized spacial score (nSPS) is 32.3. The third kappa shape index (κ3) is 1.66. The van der Waals surface area contributed by atoms with Crippen molar-refractivity contribution in [2.75, 3.05) is 0 Å². The predicted octanol–water partition coefficient (Wildman–Crippen LogP) is -0.691. The molecule has 1 saturated heterocycles. The molecule has 12 heavy (non-hydrogen) atoms. The molecule has 1 heterocycles. The molecular weight excluding hydrogens is 230 g/mol. The molecule has 0 aromatic rings. The molecule has 3 nitrogen and oxygen atoms in total. The van der Waals surface area contributed by atoms with Gasteiger partial charge in [0, 0.05) is 0 Å². The van der Waals surface area contributed by atoms with Crippen LogP contribution in [0.3, 0.4) is 0 Å². The van der Waals surface area contributed by atoms with Gasteiger partial charge in [-0.05, 0) is 12.8 Å². The molecule has 0 saturated carbocycles. The van der Waals surface area contributed by atoms with Crippen molar-refractivity contribution in [2.45, 2.75) is 12.8 Å². The molecule has 2 rings (SSSR count). The average molecular weight is 241 g/mol. The van der Waals surface area contributed by atoms with E-state index in [9.17, 15) is 9.59 Å². The molecule has 0 radical (unpaired) electrons. The second-order valence-electron chi connectivity index (χ2n) is 2.99. The van der Waals surface area contributed by atoms with E-state index >= 15 is 0 Å². The van der Waals surface area contributed by atoms with Gasteiger partial charge in [-0.1, -0.05) is 12.2 Å². The van der Waals surface area contributed by atoms with Crippen molar-refractivity contribution in [1.82, 2.24) is 5.32 Å². The summed E-state index contributed by atoms with van der Waals surface area (Å²) in [5.41, 5.74) is 0. The van der Waals surface area contributed by atoms with Crippen molar-refractivity contribution in [3.8, 4) is 0 Å². The Bertz CT molecular complexity index is 249. The van der Waals surface area contributed by atoms with E-state index in [2.05, 4.69) is 5.32 Å². The fourth-order valence-corrected chi connectivity index (χ4v) is 1.69. The van der Waals surface area contributed by atoms with E-state index in [0.29, 0.717) is 0 Å². The third-order valence-corrected chi connectivity index (χ3v) is 2.31. The van der Waals surface area contributed by atoms with Gasteiger partial charge in [0.15, 0.2) is 0 Å². The molecule has 0 spiro atoms. The molecule has 62 valence electrons. The maximum atomic E-state index is 11.1. The number of rotatable bonds is 0. The molecule has 0 aromatic carbocycles. The van der Waals surface area contributed by atoms with Gasteiger partial charge in [0.25, 0.3) is 0 Å². The first-order valence-electron chi connectivity index (χ1n) is 3.80. The second kappa shape index (κ2) is 4.05. The first-order chi connectivity index (χ1) is 5.29. The Morgan fingerprint density at radius 3 is 2.75 bits per heavy atom. The summed E-state index contributed by atoms with van der Waals surface area (Å²) in [5, 5.41) is 2.33. The SMILES string of the molecule is O=C1NC(=O)C2CCC=CC12.[SrH2]. The zero-order valence-corrected chi connectivity index (χ0v) is 6.04. The summed E-state index contributed by atoms with van der Waals surface area (Å²) in [5.74, 6) is -0.468. The average Bonchev–Trinajstić information content (AvgIpc) is 2.30. The molecule has 0 aromatic heterocycles. The van der Waals surface area contributed by atoms with Crippen molar-refractivity contribution in [1.29, 1.82) is 0 Å². The van der Waals surface area contributed by atoms with Crippen molar-refractivity contribution >= 4 is 57.3 Å². The Labute approximate surface area is 108 Å². The van der Waals surface area contributed by atoms with E-state index in [1.807, 2.05) is 12.2 Å². The van der Waals surface area contributed by atoms with E-state index in [0.717, 1.165) is 12.8 Å². The van der Waals surface area contributed by atoms with Crippen LogP contribution in [-0.4, -0.2) is 57.3 Å². The van der Waals surface area contributed by atoms with Crippen LogP contribution in [-0.2, 0) is 9.59 Å². The van der Waals surface area contributed by atoms with Crippen LogP contribution < -0.4 is 5.32 Å². The Morgan fingerprint density at radius 2 is 2.08 bits per heavy atom. The molecule has 4 heteroatoms. The van der Waals surface area contributed by atoms with Crippen LogP contribution >= 0.6 is 0 Å². The summed E-state index contributed by atoms with van der Waals surface area (Å²) in [4.78, 5) is 22.1. The van der Waals surface area contributed by atoms with Crippen LogP contribution in [0, 0.1) is 11.8 Å². The molecule has 2 atom stereocenters. The number of fused-ring (bicyclic) bond motifs is 1. The van der Waals surface area contributed by atoms with Gasteiger partial charge in [-0.3, -0.25) is 14.9 Å². The van der Waals surface area contributed by atoms with Gasteiger partial charge in [-0.15, -0.1) is 0 Å². The van der Waals surface area contributed by atoms with Crippen molar-refractivity contribution < 1.29 is 9.59 Å². The standard InChI is InChI=1S/C8H9NO2.Sr.2H/c10-7-5-3-1-2-4-6(5)8(11)9-7;;;/h1,3,5-6H,2,4H2,(H,9,10,11);;;. The molecule has 1 aliphatic carbocycles. The number of carbonyl (C=O) groups excluding carboxylic acids is 2. The number of hydrogen-bond donors (Lipinski definition) is 1. The number of carbonyl (C=O) groups is 2. The summed E-state index contributed by atoms with van der Waals surface area (Å²) in [6.07, 6.45) is 5.55. The Morgan fingerprint density at radius 1 is 1.33 bits per heavy atom. The summed E-state index contributed by atoms with van der Waals surface area (Å²) >= 11 is 0. The van der Waals surface area contributed by atoms with Gasteiger partial charge >= 0.3 is 45.5 Å². The number of hydrogen-bond acceptors (Lipinski definition) is 2. The van der Waals surface area contributed by atoms with Crippen molar-refractivity contribution in [2.24, 2.45) is 11.8 Å². The van der Waals surface area contributed by atoms with E-state index in [4.69, 9.17) is 0 Å². The van der Waals surface area contributed by atoms with Gasteiger partial charge in [-0.25, -0.2) is 0 Å². The molecule has 1 aliphatic heterocycles. The van der Waals surface area contributed by atoms with Crippen LogP contribution in [0.4, 0.5) is 0 Å². The summed E-state index contributed by atoms with van der Waals surface area (Å²) in [7, 11) is 0. The summed E-state index contributed by atoms with van der Waals surface area (Å²) in [6.45, 7) is 0. The van der Waals surface area contributed by atoms with E-state index < -0.39 is 0 Å². The Hall–Kier alpha value is 0.361. The quantitative estimate of drug-likeness (QED) is 0.346. The Balaban J connectivity index is 0.000000720. The van der Waals surface area contributed by atoms with Crippen LogP contribution in [0.2, 0.25) is 0 Å². The molecule has 2 unspecified atom stereocenters. The topological polar surface area (TPSA) is 46.2 Å². The Kier molecular flexibility index (Phi) is 3.52. The van der Waals surface area contributed by atoms with Crippen LogP contribution in [0.1, 0.15) is 12.8 Å². The minimum absolute atomic E-state index is 0. The first kappa shape index (κ1) is 10.4. The zero-order valence-electron chi connectivity index (χ0n) is 6.04. The second-order valence-corrected chi connectivity index (χ2v) is 2.99. The van der Waals surface area contributed by atoms with E-state index in [1.54, 1.807) is 0 Å². The van der Waals surface area contributed by atoms with Gasteiger partial charge in [0.2, 0.25) is 11.8 Å². The van der Waals surface area contributed by atoms with Crippen LogP contribution in [0.25, 0.3) is 0 Å². The summed E-state index contributed by atoms with van der Waals surface area (Å²) < 4.78 is 0. The minimum atomic E-state index is -0.170. The maximum absolute atomic E-state index is 11.1. The van der Waals surface area contributed by atoms with Gasteiger partial charge in [0.1, 0.15) is 0 Å². The molecule has 2 aliphatic rings. The first-order valence-corrected chi connectivity index (χ1v) is 3.80. The number of imide groups is 1. The predicted molar refractivity (Wildman–Crippen MR) is 47.0 cm³/mol. The molecule has 0 bridgehead atoms. The zero-order chi connectivity index (χ0) is 7.84. The fourth-order valence-electron chi connectivity index (χ4n) is 1.69. The van der Waals surface area contributed by atoms with Gasteiger partial charge in [0.05, 0.1) is 11.8 Å². The van der Waals surface area contributed by atoms with E-state index in [-0.39, 0.29) is 69.1 Å². The molecule has 2 amide bonds. The number of nitrogens with one attached hydrogen (secondary N) is 1. The van der Waals surface area contributed by atoms with Crippen molar-refractivity contribution in [3.63, 3.8) is 0 Å². The van der Waals surface area contributed by atoms with Crippen molar-refractivity contribution in [3.05, 3.63) is 12.2 Å². The number of allylic oxidation sites excluding steroid dienone is 1.